The van der Waals surface area contributed by atoms with E-state index in [1.54, 1.807) is 25.1 Å². The first kappa shape index (κ1) is 20.2. The van der Waals surface area contributed by atoms with Gasteiger partial charge in [0, 0.05) is 17.4 Å². The van der Waals surface area contributed by atoms with Crippen molar-refractivity contribution in [3.05, 3.63) is 57.7 Å². The van der Waals surface area contributed by atoms with Crippen LogP contribution < -0.4 is 5.32 Å². The molecule has 0 unspecified atom stereocenters. The van der Waals surface area contributed by atoms with E-state index in [1.807, 2.05) is 13.8 Å². The van der Waals surface area contributed by atoms with Gasteiger partial charge < -0.3 is 14.8 Å². The van der Waals surface area contributed by atoms with Crippen molar-refractivity contribution in [3.8, 4) is 0 Å². The maximum atomic E-state index is 13.0. The molecule has 2 aromatic rings. The van der Waals surface area contributed by atoms with Crippen LogP contribution in [-0.2, 0) is 27.3 Å². The zero-order chi connectivity index (χ0) is 20.3. The van der Waals surface area contributed by atoms with Gasteiger partial charge in [-0.15, -0.1) is 11.3 Å². The summed E-state index contributed by atoms with van der Waals surface area (Å²) in [6, 6.07) is 5.80. The molecular formula is C21H22FNO4S. The number of fused-ring (bicyclic) bond motifs is 1. The Bertz CT molecular complexity index is 915. The number of ether oxygens (including phenoxy) is 2. The monoisotopic (exact) mass is 403 g/mol. The molecule has 0 bridgehead atoms. The first-order valence-corrected chi connectivity index (χ1v) is 9.81. The molecule has 3 rings (SSSR count). The predicted octanol–water partition coefficient (Wildman–Crippen LogP) is 4.57. The molecular weight excluding hydrogens is 381 g/mol. The predicted molar refractivity (Wildman–Crippen MR) is 107 cm³/mol. The molecule has 1 aliphatic heterocycles. The highest BCUT2D eigenvalue weighted by Gasteiger charge is 2.34. The molecule has 28 heavy (non-hydrogen) atoms. The largest absolute Gasteiger partial charge is 0.462 e. The summed E-state index contributed by atoms with van der Waals surface area (Å²) in [6.45, 7) is 6.31. The van der Waals surface area contributed by atoms with Crippen molar-refractivity contribution < 1.29 is 23.5 Å². The van der Waals surface area contributed by atoms with Crippen LogP contribution in [0.15, 0.2) is 30.3 Å². The summed E-state index contributed by atoms with van der Waals surface area (Å²) in [5, 5.41) is 3.24. The van der Waals surface area contributed by atoms with Crippen LogP contribution in [0, 0.1) is 5.82 Å². The van der Waals surface area contributed by atoms with Crippen molar-refractivity contribution in [1.82, 2.24) is 0 Å². The molecule has 0 aliphatic carbocycles. The van der Waals surface area contributed by atoms with Crippen LogP contribution in [0.5, 0.6) is 0 Å². The van der Waals surface area contributed by atoms with Gasteiger partial charge in [0.15, 0.2) is 0 Å². The lowest BCUT2D eigenvalue weighted by Gasteiger charge is -2.30. The number of thiophene rings is 1. The van der Waals surface area contributed by atoms with Gasteiger partial charge in [0.05, 0.1) is 24.4 Å². The van der Waals surface area contributed by atoms with Gasteiger partial charge in [-0.3, -0.25) is 4.79 Å². The lowest BCUT2D eigenvalue weighted by atomic mass is 9.93. The van der Waals surface area contributed by atoms with Crippen molar-refractivity contribution in [1.29, 1.82) is 0 Å². The number of hydrogen-bond acceptors (Lipinski definition) is 5. The van der Waals surface area contributed by atoms with E-state index in [4.69, 9.17) is 9.47 Å². The van der Waals surface area contributed by atoms with Crippen LogP contribution in [0.2, 0.25) is 0 Å². The van der Waals surface area contributed by atoms with Crippen molar-refractivity contribution in [2.45, 2.75) is 39.4 Å². The van der Waals surface area contributed by atoms with Crippen LogP contribution in [0.3, 0.4) is 0 Å². The number of amides is 1. The first-order chi connectivity index (χ1) is 13.3. The summed E-state index contributed by atoms with van der Waals surface area (Å²) < 4.78 is 24.0. The standard InChI is InChI=1S/C21H22FNO4S/c1-4-26-20(25)18-15-11-21(2,3)27-12-16(15)28-19(18)23-17(24)10-7-13-5-8-14(22)9-6-13/h5-10H,4,11-12H2,1-3H3,(H,23,24). The number of nitrogens with one attached hydrogen (secondary N) is 1. The Kier molecular flexibility index (Phi) is 5.96. The molecule has 1 amide bonds. The lowest BCUT2D eigenvalue weighted by Crippen LogP contribution is -2.32. The Labute approximate surface area is 167 Å². The lowest BCUT2D eigenvalue weighted by molar-refractivity contribution is -0.111. The number of hydrogen-bond donors (Lipinski definition) is 1. The topological polar surface area (TPSA) is 64.6 Å². The third-order valence-electron chi connectivity index (χ3n) is 4.30. The molecule has 1 aromatic carbocycles. The maximum Gasteiger partial charge on any atom is 0.341 e. The SMILES string of the molecule is CCOC(=O)c1c(NC(=O)C=Cc2ccc(F)cc2)sc2c1CC(C)(C)OC2. The Balaban J connectivity index is 1.84. The normalized spacial score (nSPS) is 15.3. The Morgan fingerprint density at radius 1 is 1.32 bits per heavy atom. The summed E-state index contributed by atoms with van der Waals surface area (Å²) >= 11 is 1.33. The molecule has 0 fully saturated rings. The second kappa shape index (κ2) is 8.24. The van der Waals surface area contributed by atoms with E-state index in [9.17, 15) is 14.0 Å². The summed E-state index contributed by atoms with van der Waals surface area (Å²) in [5.41, 5.74) is 1.58. The van der Waals surface area contributed by atoms with Crippen molar-refractivity contribution in [2.24, 2.45) is 0 Å². The fraction of sp³-hybridized carbons (Fsp3) is 0.333. The number of esters is 1. The fourth-order valence-electron chi connectivity index (χ4n) is 2.96. The van der Waals surface area contributed by atoms with Gasteiger partial charge in [0.25, 0.3) is 0 Å². The van der Waals surface area contributed by atoms with E-state index in [2.05, 4.69) is 5.32 Å². The molecule has 0 atom stereocenters. The second-order valence-corrected chi connectivity index (χ2v) is 8.13. The molecule has 1 N–H and O–H groups in total. The number of carbonyl (C=O) groups is 2. The number of rotatable bonds is 5. The number of anilines is 1. The number of benzene rings is 1. The first-order valence-electron chi connectivity index (χ1n) is 8.99. The molecule has 1 aliphatic rings. The van der Waals surface area contributed by atoms with Gasteiger partial charge in [-0.2, -0.15) is 0 Å². The van der Waals surface area contributed by atoms with Crippen molar-refractivity contribution in [3.63, 3.8) is 0 Å². The molecule has 7 heteroatoms. The molecule has 5 nitrogen and oxygen atoms in total. The van der Waals surface area contributed by atoms with Gasteiger partial charge in [-0.05, 0) is 50.1 Å². The summed E-state index contributed by atoms with van der Waals surface area (Å²) in [4.78, 5) is 25.8. The Hall–Kier alpha value is -2.51. The summed E-state index contributed by atoms with van der Waals surface area (Å²) in [6.07, 6.45) is 3.49. The third kappa shape index (κ3) is 4.66. The quantitative estimate of drug-likeness (QED) is 0.587. The van der Waals surface area contributed by atoms with E-state index < -0.39 is 5.97 Å². The van der Waals surface area contributed by atoms with Crippen molar-refractivity contribution in [2.75, 3.05) is 11.9 Å². The fourth-order valence-corrected chi connectivity index (χ4v) is 4.08. The van der Waals surface area contributed by atoms with Gasteiger partial charge in [-0.1, -0.05) is 12.1 Å². The van der Waals surface area contributed by atoms with Gasteiger partial charge >= 0.3 is 5.97 Å². The zero-order valence-corrected chi connectivity index (χ0v) is 16.8. The van der Waals surface area contributed by atoms with E-state index >= 15 is 0 Å². The highest BCUT2D eigenvalue weighted by atomic mass is 32.1. The summed E-state index contributed by atoms with van der Waals surface area (Å²) in [5.74, 6) is -1.17. The Morgan fingerprint density at radius 2 is 2.04 bits per heavy atom. The van der Waals surface area contributed by atoms with Crippen LogP contribution in [-0.4, -0.2) is 24.1 Å². The Morgan fingerprint density at radius 3 is 2.71 bits per heavy atom. The van der Waals surface area contributed by atoms with E-state index in [-0.39, 0.29) is 23.9 Å². The smallest absolute Gasteiger partial charge is 0.341 e. The van der Waals surface area contributed by atoms with Gasteiger partial charge in [-0.25, -0.2) is 9.18 Å². The molecule has 0 saturated heterocycles. The number of halogens is 1. The highest BCUT2D eigenvalue weighted by molar-refractivity contribution is 7.17. The second-order valence-electron chi connectivity index (χ2n) is 7.03. The van der Waals surface area contributed by atoms with Crippen molar-refractivity contribution >= 4 is 34.3 Å². The molecule has 148 valence electrons. The van der Waals surface area contributed by atoms with E-state index in [0.717, 1.165) is 10.4 Å². The molecule has 0 radical (unpaired) electrons. The molecule has 1 aromatic heterocycles. The molecule has 0 spiro atoms. The van der Waals surface area contributed by atoms with E-state index in [0.29, 0.717) is 29.2 Å². The highest BCUT2D eigenvalue weighted by Crippen LogP contribution is 2.40. The van der Waals surface area contributed by atoms with Crippen LogP contribution in [0.1, 0.15) is 47.1 Å². The minimum absolute atomic E-state index is 0.251. The molecule has 2 heterocycles. The zero-order valence-electron chi connectivity index (χ0n) is 16.0. The van der Waals surface area contributed by atoms with Crippen LogP contribution in [0.25, 0.3) is 6.08 Å². The summed E-state index contributed by atoms with van der Waals surface area (Å²) in [7, 11) is 0. The van der Waals surface area contributed by atoms with Gasteiger partial charge in [0.1, 0.15) is 10.8 Å². The average molecular weight is 403 g/mol. The van der Waals surface area contributed by atoms with Gasteiger partial charge in [0.2, 0.25) is 5.91 Å². The number of carbonyl (C=O) groups excluding carboxylic acids is 2. The van der Waals surface area contributed by atoms with Crippen LogP contribution in [0.4, 0.5) is 9.39 Å². The minimum atomic E-state index is -0.449. The average Bonchev–Trinajstić information content (AvgIpc) is 2.97. The minimum Gasteiger partial charge on any atom is -0.462 e. The maximum absolute atomic E-state index is 13.0. The van der Waals surface area contributed by atoms with E-state index in [1.165, 1.54) is 29.5 Å². The van der Waals surface area contributed by atoms with Crippen LogP contribution >= 0.6 is 11.3 Å². The molecule has 0 saturated carbocycles. The third-order valence-corrected chi connectivity index (χ3v) is 5.42.